The SMILES string of the molecule is Cc1cn(N)cn1.Cl. The van der Waals surface area contributed by atoms with Crippen molar-refractivity contribution in [3.05, 3.63) is 18.2 Å². The van der Waals surface area contributed by atoms with E-state index < -0.39 is 0 Å². The van der Waals surface area contributed by atoms with Crippen molar-refractivity contribution in [3.8, 4) is 0 Å². The van der Waals surface area contributed by atoms with E-state index in [1.165, 1.54) is 4.68 Å². The van der Waals surface area contributed by atoms with E-state index in [2.05, 4.69) is 4.98 Å². The molecule has 0 unspecified atom stereocenters. The molecule has 0 saturated heterocycles. The average molecular weight is 134 g/mol. The highest BCUT2D eigenvalue weighted by atomic mass is 35.5. The van der Waals surface area contributed by atoms with E-state index in [9.17, 15) is 0 Å². The third-order valence-corrected chi connectivity index (χ3v) is 0.731. The van der Waals surface area contributed by atoms with Gasteiger partial charge in [-0.1, -0.05) is 0 Å². The van der Waals surface area contributed by atoms with Gasteiger partial charge in [-0.25, -0.2) is 4.98 Å². The summed E-state index contributed by atoms with van der Waals surface area (Å²) < 4.78 is 1.43. The maximum Gasteiger partial charge on any atom is 0.114 e. The lowest BCUT2D eigenvalue weighted by atomic mass is 10.6. The minimum atomic E-state index is 0. The molecule has 0 aliphatic heterocycles. The van der Waals surface area contributed by atoms with Gasteiger partial charge in [-0.2, -0.15) is 0 Å². The molecule has 1 aromatic heterocycles. The van der Waals surface area contributed by atoms with E-state index in [0.29, 0.717) is 0 Å². The first kappa shape index (κ1) is 7.30. The van der Waals surface area contributed by atoms with Crippen molar-refractivity contribution < 1.29 is 0 Å². The first-order valence-corrected chi connectivity index (χ1v) is 2.05. The van der Waals surface area contributed by atoms with Crippen molar-refractivity contribution in [2.45, 2.75) is 6.92 Å². The number of aromatic nitrogens is 2. The first-order chi connectivity index (χ1) is 3.29. The third-order valence-electron chi connectivity index (χ3n) is 0.731. The molecule has 4 heteroatoms. The van der Waals surface area contributed by atoms with Gasteiger partial charge in [-0.05, 0) is 6.92 Å². The molecule has 0 bridgehead atoms. The summed E-state index contributed by atoms with van der Waals surface area (Å²) >= 11 is 0. The van der Waals surface area contributed by atoms with Gasteiger partial charge in [0.05, 0.1) is 5.69 Å². The van der Waals surface area contributed by atoms with Crippen LogP contribution in [0.15, 0.2) is 12.5 Å². The van der Waals surface area contributed by atoms with Crippen LogP contribution in [0.3, 0.4) is 0 Å². The smallest absolute Gasteiger partial charge is 0.114 e. The zero-order valence-electron chi connectivity index (χ0n) is 4.53. The van der Waals surface area contributed by atoms with Crippen LogP contribution in [0.5, 0.6) is 0 Å². The molecule has 0 radical (unpaired) electrons. The second-order valence-electron chi connectivity index (χ2n) is 1.46. The second-order valence-corrected chi connectivity index (χ2v) is 1.46. The highest BCUT2D eigenvalue weighted by Crippen LogP contribution is 1.84. The quantitative estimate of drug-likeness (QED) is 0.519. The van der Waals surface area contributed by atoms with E-state index in [1.54, 1.807) is 12.5 Å². The van der Waals surface area contributed by atoms with Crippen LogP contribution in [0.4, 0.5) is 0 Å². The summed E-state index contributed by atoms with van der Waals surface area (Å²) in [5.41, 5.74) is 0.947. The Balaban J connectivity index is 0.000000490. The van der Waals surface area contributed by atoms with Gasteiger partial charge in [0.1, 0.15) is 6.33 Å². The van der Waals surface area contributed by atoms with Crippen LogP contribution in [-0.4, -0.2) is 9.66 Å². The van der Waals surface area contributed by atoms with Crippen molar-refractivity contribution in [1.29, 1.82) is 0 Å². The van der Waals surface area contributed by atoms with Gasteiger partial charge in [-0.15, -0.1) is 12.4 Å². The minimum absolute atomic E-state index is 0. The lowest BCUT2D eigenvalue weighted by Crippen LogP contribution is -2.02. The highest BCUT2D eigenvalue weighted by Gasteiger charge is 1.82. The highest BCUT2D eigenvalue weighted by molar-refractivity contribution is 5.85. The van der Waals surface area contributed by atoms with E-state index in [4.69, 9.17) is 5.84 Å². The Kier molecular flexibility index (Phi) is 2.34. The van der Waals surface area contributed by atoms with Crippen molar-refractivity contribution in [3.63, 3.8) is 0 Å². The van der Waals surface area contributed by atoms with Gasteiger partial charge in [0.25, 0.3) is 0 Å². The maximum absolute atomic E-state index is 5.23. The molecule has 0 amide bonds. The van der Waals surface area contributed by atoms with Crippen LogP contribution in [0.1, 0.15) is 5.69 Å². The largest absolute Gasteiger partial charge is 0.338 e. The molecule has 0 atom stereocenters. The molecule has 0 saturated carbocycles. The fraction of sp³-hybridized carbons (Fsp3) is 0.250. The molecular weight excluding hydrogens is 126 g/mol. The first-order valence-electron chi connectivity index (χ1n) is 2.05. The number of halogens is 1. The monoisotopic (exact) mass is 133 g/mol. The summed E-state index contributed by atoms with van der Waals surface area (Å²) in [6.07, 6.45) is 3.31. The number of nitrogen functional groups attached to an aromatic ring is 1. The van der Waals surface area contributed by atoms with E-state index in [0.717, 1.165) is 5.69 Å². The zero-order valence-corrected chi connectivity index (χ0v) is 5.35. The van der Waals surface area contributed by atoms with Crippen molar-refractivity contribution in [2.75, 3.05) is 5.84 Å². The Morgan fingerprint density at radius 1 is 1.75 bits per heavy atom. The Hall–Kier alpha value is -0.700. The lowest BCUT2D eigenvalue weighted by molar-refractivity contribution is 1.000. The number of hydrogen-bond donors (Lipinski definition) is 1. The summed E-state index contributed by atoms with van der Waals surface area (Å²) in [6.45, 7) is 1.89. The number of rotatable bonds is 0. The van der Waals surface area contributed by atoms with Gasteiger partial charge in [-0.3, -0.25) is 4.68 Å². The number of hydrogen-bond acceptors (Lipinski definition) is 2. The van der Waals surface area contributed by atoms with Crippen molar-refractivity contribution >= 4 is 12.4 Å². The van der Waals surface area contributed by atoms with Crippen LogP contribution in [0.25, 0.3) is 0 Å². The maximum atomic E-state index is 5.23. The normalized spacial score (nSPS) is 8.12. The number of nitrogens with two attached hydrogens (primary N) is 1. The Labute approximate surface area is 53.9 Å². The van der Waals surface area contributed by atoms with Gasteiger partial charge in [0, 0.05) is 6.20 Å². The molecule has 0 aromatic carbocycles. The molecule has 8 heavy (non-hydrogen) atoms. The van der Waals surface area contributed by atoms with Crippen LogP contribution in [0.2, 0.25) is 0 Å². The van der Waals surface area contributed by atoms with E-state index in [-0.39, 0.29) is 12.4 Å². The molecule has 0 aliphatic rings. The Morgan fingerprint density at radius 3 is 2.50 bits per heavy atom. The molecule has 0 aliphatic carbocycles. The Bertz CT molecular complexity index is 144. The summed E-state index contributed by atoms with van der Waals surface area (Å²) in [5, 5.41) is 0. The number of nitrogens with zero attached hydrogens (tertiary/aromatic N) is 2. The van der Waals surface area contributed by atoms with E-state index in [1.807, 2.05) is 6.92 Å². The second kappa shape index (κ2) is 2.57. The van der Waals surface area contributed by atoms with Crippen LogP contribution in [0, 0.1) is 6.92 Å². The summed E-state index contributed by atoms with van der Waals surface area (Å²) in [7, 11) is 0. The molecule has 2 N–H and O–H groups in total. The molecule has 3 nitrogen and oxygen atoms in total. The molecule has 1 rings (SSSR count). The lowest BCUT2D eigenvalue weighted by Gasteiger charge is -1.80. The molecule has 0 spiro atoms. The fourth-order valence-electron chi connectivity index (χ4n) is 0.440. The zero-order chi connectivity index (χ0) is 5.28. The molecular formula is C4H8ClN3. The fourth-order valence-corrected chi connectivity index (χ4v) is 0.440. The topological polar surface area (TPSA) is 43.8 Å². The van der Waals surface area contributed by atoms with Gasteiger partial charge < -0.3 is 5.84 Å². The van der Waals surface area contributed by atoms with Crippen LogP contribution >= 0.6 is 12.4 Å². The molecule has 1 aromatic rings. The van der Waals surface area contributed by atoms with Crippen LogP contribution in [-0.2, 0) is 0 Å². The predicted octanol–water partition coefficient (Wildman–Crippen LogP) is 0.327. The number of aryl methyl sites for hydroxylation is 1. The predicted molar refractivity (Wildman–Crippen MR) is 34.4 cm³/mol. The summed E-state index contributed by atoms with van der Waals surface area (Å²) in [5.74, 6) is 5.23. The van der Waals surface area contributed by atoms with Gasteiger partial charge in [0.15, 0.2) is 0 Å². The summed E-state index contributed by atoms with van der Waals surface area (Å²) in [4.78, 5) is 3.85. The third kappa shape index (κ3) is 1.42. The van der Waals surface area contributed by atoms with E-state index >= 15 is 0 Å². The van der Waals surface area contributed by atoms with Crippen LogP contribution < -0.4 is 5.84 Å². The molecule has 46 valence electrons. The van der Waals surface area contributed by atoms with Crippen molar-refractivity contribution in [1.82, 2.24) is 9.66 Å². The van der Waals surface area contributed by atoms with Gasteiger partial charge >= 0.3 is 0 Å². The molecule has 0 fully saturated rings. The number of imidazole rings is 1. The molecule has 1 heterocycles. The average Bonchev–Trinajstić information content (AvgIpc) is 1.87. The minimum Gasteiger partial charge on any atom is -0.338 e. The van der Waals surface area contributed by atoms with Crippen molar-refractivity contribution in [2.24, 2.45) is 0 Å². The Morgan fingerprint density at radius 2 is 2.38 bits per heavy atom. The van der Waals surface area contributed by atoms with Gasteiger partial charge in [0.2, 0.25) is 0 Å². The standard InChI is InChI=1S/C4H7N3.ClH/c1-4-2-7(5)3-6-4;/h2-3H,5H2,1H3;1H. The summed E-state index contributed by atoms with van der Waals surface area (Å²) in [6, 6.07) is 0.